The monoisotopic (exact) mass is 466 g/mol. The van der Waals surface area contributed by atoms with Gasteiger partial charge < -0.3 is 14.2 Å². The van der Waals surface area contributed by atoms with Crippen LogP contribution < -0.4 is 19.6 Å². The molecule has 4 rings (SSSR count). The molecule has 6 nitrogen and oxygen atoms in total. The zero-order valence-corrected chi connectivity index (χ0v) is 17.6. The van der Waals surface area contributed by atoms with E-state index in [-0.39, 0.29) is 19.1 Å². The molecule has 0 unspecified atom stereocenters. The summed E-state index contributed by atoms with van der Waals surface area (Å²) in [7, 11) is 0. The highest BCUT2D eigenvalue weighted by atomic mass is 79.9. The Morgan fingerprint density at radius 1 is 1.00 bits per heavy atom. The molecule has 0 saturated heterocycles. The van der Waals surface area contributed by atoms with Crippen molar-refractivity contribution in [2.75, 3.05) is 6.79 Å². The van der Waals surface area contributed by atoms with E-state index in [0.29, 0.717) is 18.1 Å². The predicted molar refractivity (Wildman–Crippen MR) is 117 cm³/mol. The fourth-order valence-electron chi connectivity index (χ4n) is 2.85. The second-order valence-corrected chi connectivity index (χ2v) is 7.56. The van der Waals surface area contributed by atoms with Gasteiger partial charge in [0.1, 0.15) is 12.4 Å². The van der Waals surface area contributed by atoms with Crippen molar-refractivity contribution in [3.63, 3.8) is 0 Å². The summed E-state index contributed by atoms with van der Waals surface area (Å²) in [6.45, 7) is 0.708. The summed E-state index contributed by atoms with van der Waals surface area (Å²) in [5.41, 5.74) is 5.32. The first-order chi connectivity index (χ1) is 14.7. The van der Waals surface area contributed by atoms with Gasteiger partial charge >= 0.3 is 0 Å². The van der Waals surface area contributed by atoms with Crippen molar-refractivity contribution in [3.8, 4) is 17.2 Å². The van der Waals surface area contributed by atoms with Crippen LogP contribution in [0.25, 0.3) is 0 Å². The number of nitrogens with one attached hydrogen (secondary N) is 1. The average molecular weight is 467 g/mol. The number of benzene rings is 3. The molecule has 0 spiro atoms. The van der Waals surface area contributed by atoms with Crippen LogP contribution in [-0.2, 0) is 17.8 Å². The zero-order valence-electron chi connectivity index (χ0n) is 16.0. The van der Waals surface area contributed by atoms with Crippen molar-refractivity contribution in [2.45, 2.75) is 13.0 Å². The first-order valence-electron chi connectivity index (χ1n) is 9.33. The lowest BCUT2D eigenvalue weighted by molar-refractivity contribution is -0.120. The van der Waals surface area contributed by atoms with Crippen LogP contribution in [0.15, 0.2) is 76.3 Å². The number of hydrogen-bond donors (Lipinski definition) is 1. The van der Waals surface area contributed by atoms with Crippen LogP contribution >= 0.6 is 15.9 Å². The van der Waals surface area contributed by atoms with Crippen molar-refractivity contribution >= 4 is 28.1 Å². The Morgan fingerprint density at radius 3 is 2.53 bits per heavy atom. The minimum atomic E-state index is -0.209. The molecule has 0 bridgehead atoms. The fraction of sp³-hybridized carbons (Fsp3) is 0.130. The molecule has 0 atom stereocenters. The van der Waals surface area contributed by atoms with Crippen LogP contribution in [0, 0.1) is 0 Å². The second-order valence-electron chi connectivity index (χ2n) is 6.64. The number of halogens is 1. The smallest absolute Gasteiger partial charge is 0.244 e. The molecule has 152 valence electrons. The highest BCUT2D eigenvalue weighted by Gasteiger charge is 2.14. The summed E-state index contributed by atoms with van der Waals surface area (Å²) in [5.74, 6) is 1.91. The normalized spacial score (nSPS) is 12.2. The maximum absolute atomic E-state index is 12.1. The summed E-state index contributed by atoms with van der Waals surface area (Å²) in [6, 6.07) is 20.9. The zero-order chi connectivity index (χ0) is 20.8. The molecular weight excluding hydrogens is 448 g/mol. The van der Waals surface area contributed by atoms with Gasteiger partial charge in [0, 0.05) is 4.47 Å². The van der Waals surface area contributed by atoms with E-state index in [4.69, 9.17) is 14.2 Å². The van der Waals surface area contributed by atoms with Gasteiger partial charge in [0.15, 0.2) is 11.5 Å². The topological polar surface area (TPSA) is 69.2 Å². The maximum atomic E-state index is 12.1. The van der Waals surface area contributed by atoms with E-state index < -0.39 is 0 Å². The molecule has 1 amide bonds. The highest BCUT2D eigenvalue weighted by molar-refractivity contribution is 9.10. The van der Waals surface area contributed by atoms with Gasteiger partial charge in [-0.15, -0.1) is 0 Å². The van der Waals surface area contributed by atoms with Crippen molar-refractivity contribution in [1.82, 2.24) is 5.43 Å². The third-order valence-electron chi connectivity index (χ3n) is 4.40. The van der Waals surface area contributed by atoms with Crippen molar-refractivity contribution in [2.24, 2.45) is 5.10 Å². The van der Waals surface area contributed by atoms with E-state index in [1.165, 1.54) is 0 Å². The molecule has 0 aliphatic carbocycles. The van der Waals surface area contributed by atoms with Crippen molar-refractivity contribution in [1.29, 1.82) is 0 Å². The molecule has 1 aliphatic rings. The number of ether oxygens (including phenoxy) is 3. The number of carbonyl (C=O) groups excluding carboxylic acids is 1. The second kappa shape index (κ2) is 9.45. The minimum absolute atomic E-state index is 0.205. The van der Waals surface area contributed by atoms with Gasteiger partial charge in [-0.2, -0.15) is 5.10 Å². The Balaban J connectivity index is 1.24. The van der Waals surface area contributed by atoms with E-state index >= 15 is 0 Å². The molecule has 3 aromatic rings. The number of fused-ring (bicyclic) bond motifs is 1. The summed E-state index contributed by atoms with van der Waals surface area (Å²) in [4.78, 5) is 12.1. The molecule has 0 saturated carbocycles. The molecule has 1 aliphatic heterocycles. The van der Waals surface area contributed by atoms with E-state index in [2.05, 4.69) is 26.5 Å². The molecule has 7 heteroatoms. The highest BCUT2D eigenvalue weighted by Crippen LogP contribution is 2.32. The quantitative estimate of drug-likeness (QED) is 0.412. The molecular formula is C23H19BrN2O4. The molecule has 0 aromatic heterocycles. The standard InChI is InChI=1S/C23H19BrN2O4/c24-19-6-1-17(2-7-19)14-28-20-8-3-16(4-9-20)13-25-26-23(27)12-18-5-10-21-22(11-18)30-15-29-21/h1-11,13H,12,14-15H2,(H,26,27)/b25-13-. The number of hydrogen-bond acceptors (Lipinski definition) is 5. The van der Waals surface area contributed by atoms with Gasteiger partial charge in [-0.1, -0.05) is 34.1 Å². The fourth-order valence-corrected chi connectivity index (χ4v) is 3.12. The Morgan fingerprint density at radius 2 is 1.73 bits per heavy atom. The van der Waals surface area contributed by atoms with Crippen LogP contribution in [0.2, 0.25) is 0 Å². The number of amides is 1. The largest absolute Gasteiger partial charge is 0.489 e. The van der Waals surface area contributed by atoms with Crippen molar-refractivity contribution < 1.29 is 19.0 Å². The van der Waals surface area contributed by atoms with E-state index in [1.807, 2.05) is 54.6 Å². The lowest BCUT2D eigenvalue weighted by Gasteiger charge is -2.06. The van der Waals surface area contributed by atoms with Crippen LogP contribution in [0.3, 0.4) is 0 Å². The number of carbonyl (C=O) groups is 1. The number of hydrazone groups is 1. The van der Waals surface area contributed by atoms with E-state index in [9.17, 15) is 4.79 Å². The first kappa shape index (κ1) is 20.0. The van der Waals surface area contributed by atoms with Gasteiger partial charge in [0.2, 0.25) is 12.7 Å². The van der Waals surface area contributed by atoms with Gasteiger partial charge in [-0.3, -0.25) is 4.79 Å². The maximum Gasteiger partial charge on any atom is 0.244 e. The molecule has 0 fully saturated rings. The SMILES string of the molecule is O=C(Cc1ccc2c(c1)OCO2)N/N=C\c1ccc(OCc2ccc(Br)cc2)cc1. The Hall–Kier alpha value is -3.32. The third kappa shape index (κ3) is 5.39. The molecule has 3 aromatic carbocycles. The molecule has 30 heavy (non-hydrogen) atoms. The summed E-state index contributed by atoms with van der Waals surface area (Å²) >= 11 is 3.42. The Labute approximate surface area is 182 Å². The van der Waals surface area contributed by atoms with E-state index in [1.54, 1.807) is 18.3 Å². The molecule has 1 N–H and O–H groups in total. The summed E-state index contributed by atoms with van der Waals surface area (Å²) in [6.07, 6.45) is 1.80. The first-order valence-corrected chi connectivity index (χ1v) is 10.1. The number of nitrogens with zero attached hydrogens (tertiary/aromatic N) is 1. The Kier molecular flexibility index (Phi) is 6.29. The van der Waals surface area contributed by atoms with Gasteiger partial charge in [0.25, 0.3) is 0 Å². The lowest BCUT2D eigenvalue weighted by Crippen LogP contribution is -2.19. The molecule has 1 heterocycles. The van der Waals surface area contributed by atoms with Crippen LogP contribution in [0.1, 0.15) is 16.7 Å². The van der Waals surface area contributed by atoms with E-state index in [0.717, 1.165) is 26.9 Å². The summed E-state index contributed by atoms with van der Waals surface area (Å²) in [5, 5.41) is 4.02. The van der Waals surface area contributed by atoms with Crippen LogP contribution in [-0.4, -0.2) is 18.9 Å². The minimum Gasteiger partial charge on any atom is -0.489 e. The average Bonchev–Trinajstić information content (AvgIpc) is 3.22. The predicted octanol–water partition coefficient (Wildman–Crippen LogP) is 4.45. The Bertz CT molecular complexity index is 1050. The van der Waals surface area contributed by atoms with Gasteiger partial charge in [0.05, 0.1) is 12.6 Å². The van der Waals surface area contributed by atoms with Crippen molar-refractivity contribution in [3.05, 3.63) is 87.9 Å². The van der Waals surface area contributed by atoms with Crippen LogP contribution in [0.4, 0.5) is 0 Å². The lowest BCUT2D eigenvalue weighted by atomic mass is 10.1. The van der Waals surface area contributed by atoms with Gasteiger partial charge in [-0.05, 0) is 65.2 Å². The van der Waals surface area contributed by atoms with Gasteiger partial charge in [-0.25, -0.2) is 5.43 Å². The number of rotatable bonds is 7. The summed E-state index contributed by atoms with van der Waals surface area (Å²) < 4.78 is 17.4. The molecule has 0 radical (unpaired) electrons. The third-order valence-corrected chi connectivity index (χ3v) is 4.93. The van der Waals surface area contributed by atoms with Crippen LogP contribution in [0.5, 0.6) is 17.2 Å².